The van der Waals surface area contributed by atoms with Crippen LogP contribution in [-0.4, -0.2) is 17.6 Å². The Balaban J connectivity index is 0.00000225. The largest absolute Gasteiger partial charge is 0.386 e. The first-order chi connectivity index (χ1) is 11.7. The molecule has 6 heteroatoms. The molecular formula is C19H22IN3OS. The van der Waals surface area contributed by atoms with Gasteiger partial charge in [-0.1, -0.05) is 37.3 Å². The van der Waals surface area contributed by atoms with Crippen molar-refractivity contribution in [3.63, 3.8) is 0 Å². The third kappa shape index (κ3) is 5.17. The van der Waals surface area contributed by atoms with Crippen LogP contribution in [0.25, 0.3) is 10.1 Å². The van der Waals surface area contributed by atoms with Gasteiger partial charge in [0.25, 0.3) is 0 Å². The predicted molar refractivity (Wildman–Crippen MR) is 118 cm³/mol. The van der Waals surface area contributed by atoms with Gasteiger partial charge in [-0.2, -0.15) is 0 Å². The number of nitrogens with zero attached hydrogens (tertiary/aromatic N) is 1. The van der Waals surface area contributed by atoms with Gasteiger partial charge in [0, 0.05) is 15.3 Å². The fraction of sp³-hybridized carbons (Fsp3) is 0.211. The van der Waals surface area contributed by atoms with Crippen molar-refractivity contribution in [1.82, 2.24) is 0 Å². The van der Waals surface area contributed by atoms with Crippen LogP contribution in [0.1, 0.15) is 23.5 Å². The van der Waals surface area contributed by atoms with Crippen LogP contribution in [0, 0.1) is 0 Å². The van der Waals surface area contributed by atoms with Gasteiger partial charge in [-0.25, -0.2) is 0 Å². The maximum atomic E-state index is 10.3. The minimum absolute atomic E-state index is 0. The molecule has 0 amide bonds. The van der Waals surface area contributed by atoms with E-state index < -0.39 is 6.10 Å². The quantitative estimate of drug-likeness (QED) is 0.293. The van der Waals surface area contributed by atoms with Crippen molar-refractivity contribution in [1.29, 1.82) is 0 Å². The summed E-state index contributed by atoms with van der Waals surface area (Å²) in [5, 5.41) is 14.5. The number of rotatable bonds is 5. The average Bonchev–Trinajstić information content (AvgIpc) is 3.04. The smallest absolute Gasteiger partial charge is 0.193 e. The van der Waals surface area contributed by atoms with Gasteiger partial charge in [0.1, 0.15) is 6.10 Å². The molecule has 0 radical (unpaired) electrons. The summed E-state index contributed by atoms with van der Waals surface area (Å²) in [6.45, 7) is 2.35. The zero-order chi connectivity index (χ0) is 16.9. The van der Waals surface area contributed by atoms with E-state index in [2.05, 4.69) is 35.4 Å². The molecule has 0 aliphatic carbocycles. The number of hydrogen-bond acceptors (Lipinski definition) is 3. The number of aliphatic imine (C=N–C) groups is 1. The highest BCUT2D eigenvalue weighted by Crippen LogP contribution is 2.29. The van der Waals surface area contributed by atoms with Gasteiger partial charge in [-0.15, -0.1) is 35.3 Å². The summed E-state index contributed by atoms with van der Waals surface area (Å²) in [7, 11) is 0. The van der Waals surface area contributed by atoms with Crippen molar-refractivity contribution in [2.75, 3.05) is 11.9 Å². The molecular weight excluding hydrogens is 445 g/mol. The molecule has 0 spiro atoms. The van der Waals surface area contributed by atoms with Crippen molar-refractivity contribution >= 4 is 57.0 Å². The molecule has 4 N–H and O–H groups in total. The molecule has 4 nitrogen and oxygen atoms in total. The number of thiophene rings is 1. The number of aryl methyl sites for hydroxylation is 1. The lowest BCUT2D eigenvalue weighted by Gasteiger charge is -2.08. The first-order valence-corrected chi connectivity index (χ1v) is 8.80. The van der Waals surface area contributed by atoms with Gasteiger partial charge in [-0.05, 0) is 41.6 Å². The van der Waals surface area contributed by atoms with Crippen LogP contribution in [0.2, 0.25) is 0 Å². The second-order valence-electron chi connectivity index (χ2n) is 5.60. The Hall–Kier alpha value is -1.64. The molecule has 0 aliphatic heterocycles. The SMILES string of the molecule is CCc1ccc(NC(N)=NCC(O)c2cc3ccccc3s2)cc1.I. The number of anilines is 1. The first kappa shape index (κ1) is 19.7. The number of nitrogens with two attached hydrogens (primary N) is 1. The molecule has 25 heavy (non-hydrogen) atoms. The number of halogens is 1. The molecule has 3 aromatic rings. The highest BCUT2D eigenvalue weighted by atomic mass is 127. The van der Waals surface area contributed by atoms with E-state index in [4.69, 9.17) is 5.73 Å². The molecule has 1 atom stereocenters. The van der Waals surface area contributed by atoms with Gasteiger partial charge in [0.15, 0.2) is 5.96 Å². The van der Waals surface area contributed by atoms with Gasteiger partial charge in [-0.3, -0.25) is 4.99 Å². The Bertz CT molecular complexity index is 812. The van der Waals surface area contributed by atoms with Crippen LogP contribution in [0.3, 0.4) is 0 Å². The first-order valence-electron chi connectivity index (χ1n) is 7.98. The van der Waals surface area contributed by atoms with Crippen molar-refractivity contribution in [2.24, 2.45) is 10.7 Å². The second-order valence-corrected chi connectivity index (χ2v) is 6.72. The minimum Gasteiger partial charge on any atom is -0.386 e. The van der Waals surface area contributed by atoms with E-state index in [0.717, 1.165) is 27.1 Å². The lowest BCUT2D eigenvalue weighted by atomic mass is 10.1. The molecule has 1 heterocycles. The van der Waals surface area contributed by atoms with E-state index in [9.17, 15) is 5.11 Å². The highest BCUT2D eigenvalue weighted by Gasteiger charge is 2.11. The zero-order valence-corrected chi connectivity index (χ0v) is 17.1. The number of nitrogens with one attached hydrogen (secondary N) is 1. The van der Waals surface area contributed by atoms with Crippen LogP contribution in [0.15, 0.2) is 59.6 Å². The van der Waals surface area contributed by atoms with Crippen molar-refractivity contribution in [3.8, 4) is 0 Å². The van der Waals surface area contributed by atoms with Crippen LogP contribution in [0.5, 0.6) is 0 Å². The topological polar surface area (TPSA) is 70.6 Å². The molecule has 3 rings (SSSR count). The number of guanidine groups is 1. The Kier molecular flexibility index (Phi) is 7.22. The summed E-state index contributed by atoms with van der Waals surface area (Å²) in [6.07, 6.45) is 0.357. The fourth-order valence-electron chi connectivity index (χ4n) is 2.45. The van der Waals surface area contributed by atoms with E-state index in [1.54, 1.807) is 11.3 Å². The third-order valence-corrected chi connectivity index (χ3v) is 5.06. The van der Waals surface area contributed by atoms with E-state index in [1.165, 1.54) is 5.56 Å². The molecule has 0 aliphatic rings. The Labute approximate surface area is 168 Å². The zero-order valence-electron chi connectivity index (χ0n) is 14.0. The van der Waals surface area contributed by atoms with Gasteiger partial charge in [0.2, 0.25) is 0 Å². The maximum absolute atomic E-state index is 10.3. The molecule has 0 fully saturated rings. The lowest BCUT2D eigenvalue weighted by molar-refractivity contribution is 0.191. The van der Waals surface area contributed by atoms with Crippen molar-refractivity contribution < 1.29 is 5.11 Å². The van der Waals surface area contributed by atoms with Gasteiger partial charge in [0.05, 0.1) is 6.54 Å². The lowest BCUT2D eigenvalue weighted by Crippen LogP contribution is -2.23. The van der Waals surface area contributed by atoms with E-state index in [0.29, 0.717) is 5.96 Å². The number of aliphatic hydroxyl groups is 1. The van der Waals surface area contributed by atoms with Crippen LogP contribution < -0.4 is 11.1 Å². The minimum atomic E-state index is -0.648. The summed E-state index contributed by atoms with van der Waals surface area (Å²) in [6, 6.07) is 18.2. The monoisotopic (exact) mass is 467 g/mol. The molecule has 1 aromatic heterocycles. The molecule has 0 bridgehead atoms. The van der Waals surface area contributed by atoms with Gasteiger partial charge >= 0.3 is 0 Å². The van der Waals surface area contributed by atoms with Crippen LogP contribution in [-0.2, 0) is 6.42 Å². The van der Waals surface area contributed by atoms with Gasteiger partial charge < -0.3 is 16.2 Å². The Morgan fingerprint density at radius 2 is 1.92 bits per heavy atom. The second kappa shape index (κ2) is 9.17. The Morgan fingerprint density at radius 3 is 2.60 bits per heavy atom. The number of benzene rings is 2. The molecule has 132 valence electrons. The normalized spacial score (nSPS) is 12.6. The molecule has 1 unspecified atom stereocenters. The molecule has 0 saturated heterocycles. The summed E-state index contributed by atoms with van der Waals surface area (Å²) < 4.78 is 1.16. The van der Waals surface area contributed by atoms with Crippen LogP contribution in [0.4, 0.5) is 5.69 Å². The maximum Gasteiger partial charge on any atom is 0.193 e. The Morgan fingerprint density at radius 1 is 1.20 bits per heavy atom. The average molecular weight is 467 g/mol. The number of hydrogen-bond donors (Lipinski definition) is 3. The highest BCUT2D eigenvalue weighted by molar-refractivity contribution is 14.0. The summed E-state index contributed by atoms with van der Waals surface area (Å²) in [5.74, 6) is 0.305. The van der Waals surface area contributed by atoms with E-state index in [1.807, 2.05) is 36.4 Å². The standard InChI is InChI=1S/C19H21N3OS.HI/c1-2-13-7-9-15(10-8-13)22-19(20)21-12-16(23)18-11-14-5-3-4-6-17(14)24-18;/h3-11,16,23H,2,12H2,1H3,(H3,20,21,22);1H. The summed E-state index contributed by atoms with van der Waals surface area (Å²) in [5.41, 5.74) is 8.08. The third-order valence-electron chi connectivity index (χ3n) is 3.84. The van der Waals surface area contributed by atoms with Crippen molar-refractivity contribution in [2.45, 2.75) is 19.4 Å². The number of aliphatic hydroxyl groups excluding tert-OH is 1. The van der Waals surface area contributed by atoms with Crippen LogP contribution >= 0.6 is 35.3 Å². The molecule has 0 saturated carbocycles. The predicted octanol–water partition coefficient (Wildman–Crippen LogP) is 4.54. The summed E-state index contributed by atoms with van der Waals surface area (Å²) >= 11 is 1.58. The van der Waals surface area contributed by atoms with Crippen molar-refractivity contribution in [3.05, 3.63) is 65.0 Å². The fourth-order valence-corrected chi connectivity index (χ4v) is 3.49. The van der Waals surface area contributed by atoms with E-state index >= 15 is 0 Å². The van der Waals surface area contributed by atoms with E-state index in [-0.39, 0.29) is 30.5 Å². The summed E-state index contributed by atoms with van der Waals surface area (Å²) in [4.78, 5) is 5.15. The number of fused-ring (bicyclic) bond motifs is 1. The molecule has 2 aromatic carbocycles.